The smallest absolute Gasteiger partial charge is 0.248 e. The fourth-order valence-corrected chi connectivity index (χ4v) is 3.67. The summed E-state index contributed by atoms with van der Waals surface area (Å²) in [4.78, 5) is 12.3. The molecule has 2 rings (SSSR count). The van der Waals surface area contributed by atoms with E-state index in [-0.39, 0.29) is 5.91 Å². The predicted molar refractivity (Wildman–Crippen MR) is 118 cm³/mol. The van der Waals surface area contributed by atoms with Gasteiger partial charge in [-0.25, -0.2) is 0 Å². The number of carbonyl (C=O) groups excluding carboxylic acids is 1. The van der Waals surface area contributed by atoms with Gasteiger partial charge in [-0.2, -0.15) is 4.68 Å². The van der Waals surface area contributed by atoms with Crippen molar-refractivity contribution >= 4 is 16.9 Å². The number of allylic oxidation sites excluding steroid dienone is 1. The van der Waals surface area contributed by atoms with E-state index in [2.05, 4.69) is 16.9 Å². The van der Waals surface area contributed by atoms with Gasteiger partial charge in [0.25, 0.3) is 0 Å². The van der Waals surface area contributed by atoms with Gasteiger partial charge in [0.05, 0.1) is 5.52 Å². The van der Waals surface area contributed by atoms with Crippen molar-refractivity contribution in [3.8, 4) is 0 Å². The minimum absolute atomic E-state index is 0.0539. The molecule has 0 aliphatic heterocycles. The van der Waals surface area contributed by atoms with Gasteiger partial charge < -0.3 is 0 Å². The number of benzene rings is 1. The van der Waals surface area contributed by atoms with Crippen molar-refractivity contribution in [2.75, 3.05) is 0 Å². The minimum atomic E-state index is 0.0539. The molecule has 0 radical (unpaired) electrons. The first-order chi connectivity index (χ1) is 13.8. The van der Waals surface area contributed by atoms with E-state index < -0.39 is 0 Å². The Morgan fingerprint density at radius 1 is 0.821 bits per heavy atom. The summed E-state index contributed by atoms with van der Waals surface area (Å²) >= 11 is 0. The average molecular weight is 384 g/mol. The molecule has 0 unspecified atom stereocenters. The summed E-state index contributed by atoms with van der Waals surface area (Å²) in [6.45, 7) is 3.77. The van der Waals surface area contributed by atoms with Crippen LogP contribution in [0.15, 0.2) is 36.9 Å². The molecule has 28 heavy (non-hydrogen) atoms. The third-order valence-electron chi connectivity index (χ3n) is 5.39. The van der Waals surface area contributed by atoms with E-state index in [4.69, 9.17) is 0 Å². The Morgan fingerprint density at radius 2 is 1.36 bits per heavy atom. The first-order valence-corrected chi connectivity index (χ1v) is 11.3. The van der Waals surface area contributed by atoms with Crippen LogP contribution >= 0.6 is 0 Å². The largest absolute Gasteiger partial charge is 0.273 e. The quantitative estimate of drug-likeness (QED) is 0.229. The summed E-state index contributed by atoms with van der Waals surface area (Å²) in [6.07, 6.45) is 20.7. The Hall–Kier alpha value is -1.97. The van der Waals surface area contributed by atoms with Crippen LogP contribution in [0.1, 0.15) is 101 Å². The molecule has 1 aromatic carbocycles. The highest BCUT2D eigenvalue weighted by Crippen LogP contribution is 2.15. The number of carbonyl (C=O) groups is 1. The molecule has 0 saturated heterocycles. The summed E-state index contributed by atoms with van der Waals surface area (Å²) in [5, 5.41) is 8.05. The van der Waals surface area contributed by atoms with Crippen molar-refractivity contribution in [3.05, 3.63) is 36.9 Å². The number of para-hydroxylation sites is 1. The van der Waals surface area contributed by atoms with Crippen LogP contribution in [-0.2, 0) is 0 Å². The molecule has 0 bridgehead atoms. The lowest BCUT2D eigenvalue weighted by molar-refractivity contribution is 0.0886. The summed E-state index contributed by atoms with van der Waals surface area (Å²) in [5.41, 5.74) is 1.59. The SMILES string of the molecule is C=CCCCCCCCCCCCCCCCC(=O)n1nnc2ccccc21. The Morgan fingerprint density at radius 3 is 1.96 bits per heavy atom. The van der Waals surface area contributed by atoms with E-state index in [1.165, 1.54) is 81.7 Å². The lowest BCUT2D eigenvalue weighted by atomic mass is 10.0. The van der Waals surface area contributed by atoms with Gasteiger partial charge in [-0.1, -0.05) is 94.1 Å². The molecular formula is C24H37N3O. The maximum atomic E-state index is 12.3. The monoisotopic (exact) mass is 383 g/mol. The van der Waals surface area contributed by atoms with Gasteiger partial charge in [-0.3, -0.25) is 4.79 Å². The number of aromatic nitrogens is 3. The predicted octanol–water partition coefficient (Wildman–Crippen LogP) is 7.11. The molecule has 1 aromatic heterocycles. The van der Waals surface area contributed by atoms with Gasteiger partial charge >= 0.3 is 0 Å². The molecule has 0 amide bonds. The molecule has 0 atom stereocenters. The molecule has 0 fully saturated rings. The van der Waals surface area contributed by atoms with Gasteiger partial charge in [-0.05, 0) is 31.4 Å². The second kappa shape index (κ2) is 14.1. The van der Waals surface area contributed by atoms with E-state index in [0.29, 0.717) is 6.42 Å². The zero-order chi connectivity index (χ0) is 19.9. The normalized spacial score (nSPS) is 11.1. The van der Waals surface area contributed by atoms with Gasteiger partial charge in [0.1, 0.15) is 5.52 Å². The van der Waals surface area contributed by atoms with Gasteiger partial charge in [0, 0.05) is 6.42 Å². The second-order valence-electron chi connectivity index (χ2n) is 7.81. The molecule has 154 valence electrons. The molecule has 0 saturated carbocycles. The average Bonchev–Trinajstić information content (AvgIpc) is 3.15. The van der Waals surface area contributed by atoms with Crippen molar-refractivity contribution in [2.45, 2.75) is 96.3 Å². The van der Waals surface area contributed by atoms with Crippen molar-refractivity contribution in [3.63, 3.8) is 0 Å². The Labute approximate surface area is 170 Å². The number of rotatable bonds is 16. The van der Waals surface area contributed by atoms with Crippen LogP contribution < -0.4 is 0 Å². The van der Waals surface area contributed by atoms with Crippen molar-refractivity contribution in [1.29, 1.82) is 0 Å². The van der Waals surface area contributed by atoms with E-state index in [9.17, 15) is 4.79 Å². The molecule has 0 N–H and O–H groups in total. The fraction of sp³-hybridized carbons (Fsp3) is 0.625. The first kappa shape index (κ1) is 22.3. The van der Waals surface area contributed by atoms with Gasteiger partial charge in [-0.15, -0.1) is 11.7 Å². The zero-order valence-corrected chi connectivity index (χ0v) is 17.5. The van der Waals surface area contributed by atoms with Gasteiger partial charge in [0.15, 0.2) is 0 Å². The highest BCUT2D eigenvalue weighted by Gasteiger charge is 2.10. The van der Waals surface area contributed by atoms with E-state index in [1.54, 1.807) is 0 Å². The third kappa shape index (κ3) is 8.37. The first-order valence-electron chi connectivity index (χ1n) is 11.3. The molecular weight excluding hydrogens is 346 g/mol. The van der Waals surface area contributed by atoms with Crippen LogP contribution in [0.4, 0.5) is 0 Å². The lowest BCUT2D eigenvalue weighted by Crippen LogP contribution is -2.12. The Balaban J connectivity index is 1.40. The maximum absolute atomic E-state index is 12.3. The van der Waals surface area contributed by atoms with Crippen LogP contribution in [0.3, 0.4) is 0 Å². The van der Waals surface area contributed by atoms with Gasteiger partial charge in [0.2, 0.25) is 5.91 Å². The number of fused-ring (bicyclic) bond motifs is 1. The summed E-state index contributed by atoms with van der Waals surface area (Å²) in [5.74, 6) is 0.0539. The number of unbranched alkanes of at least 4 members (excludes halogenated alkanes) is 13. The van der Waals surface area contributed by atoms with Crippen LogP contribution in [0.2, 0.25) is 0 Å². The van der Waals surface area contributed by atoms with Crippen LogP contribution in [0, 0.1) is 0 Å². The molecule has 1 heterocycles. The lowest BCUT2D eigenvalue weighted by Gasteiger charge is -2.04. The summed E-state index contributed by atoms with van der Waals surface area (Å²) in [7, 11) is 0. The van der Waals surface area contributed by atoms with Crippen LogP contribution in [-0.4, -0.2) is 20.9 Å². The molecule has 2 aromatic rings. The topological polar surface area (TPSA) is 47.8 Å². The minimum Gasteiger partial charge on any atom is -0.273 e. The number of hydrogen-bond acceptors (Lipinski definition) is 3. The summed E-state index contributed by atoms with van der Waals surface area (Å²) in [6, 6.07) is 7.62. The fourth-order valence-electron chi connectivity index (χ4n) is 3.67. The maximum Gasteiger partial charge on any atom is 0.248 e. The highest BCUT2D eigenvalue weighted by molar-refractivity contribution is 5.88. The Kier molecular flexibility index (Phi) is 11.2. The second-order valence-corrected chi connectivity index (χ2v) is 7.81. The molecule has 4 nitrogen and oxygen atoms in total. The zero-order valence-electron chi connectivity index (χ0n) is 17.5. The van der Waals surface area contributed by atoms with E-state index in [0.717, 1.165) is 23.9 Å². The van der Waals surface area contributed by atoms with Crippen molar-refractivity contribution < 1.29 is 4.79 Å². The molecule has 4 heteroatoms. The Bertz CT molecular complexity index is 692. The van der Waals surface area contributed by atoms with Crippen LogP contribution in [0.5, 0.6) is 0 Å². The standard InChI is InChI=1S/C24H37N3O/c1-2-3-4-5-6-7-8-9-10-11-12-13-14-15-16-21-24(28)27-23-20-18-17-19-22(23)25-26-27/h2,17-20H,1,3-16,21H2. The third-order valence-corrected chi connectivity index (χ3v) is 5.39. The van der Waals surface area contributed by atoms with Crippen molar-refractivity contribution in [1.82, 2.24) is 15.0 Å². The van der Waals surface area contributed by atoms with E-state index >= 15 is 0 Å². The van der Waals surface area contributed by atoms with E-state index in [1.807, 2.05) is 30.3 Å². The van der Waals surface area contributed by atoms with Crippen LogP contribution in [0.25, 0.3) is 11.0 Å². The molecule has 0 spiro atoms. The summed E-state index contributed by atoms with van der Waals surface area (Å²) < 4.78 is 1.45. The number of hydrogen-bond donors (Lipinski definition) is 0. The highest BCUT2D eigenvalue weighted by atomic mass is 16.2. The van der Waals surface area contributed by atoms with Crippen molar-refractivity contribution in [2.24, 2.45) is 0 Å². The molecule has 0 aliphatic rings. The number of nitrogens with zero attached hydrogens (tertiary/aromatic N) is 3. The molecule has 0 aliphatic carbocycles.